The smallest absolute Gasteiger partial charge is 0.156 e. The average Bonchev–Trinajstić information content (AvgIpc) is 3.12. The summed E-state index contributed by atoms with van der Waals surface area (Å²) >= 11 is 0. The Morgan fingerprint density at radius 1 is 1.00 bits per heavy atom. The zero-order chi connectivity index (χ0) is 16.1. The van der Waals surface area contributed by atoms with Crippen molar-refractivity contribution in [1.82, 2.24) is 15.2 Å². The number of benzene rings is 1. The van der Waals surface area contributed by atoms with Crippen LogP contribution in [0, 0.1) is 35.0 Å². The fourth-order valence-corrected chi connectivity index (χ4v) is 5.58. The summed E-state index contributed by atoms with van der Waals surface area (Å²) in [4.78, 5) is 4.48. The van der Waals surface area contributed by atoms with Gasteiger partial charge in [0.1, 0.15) is 6.33 Å². The molecule has 0 atom stereocenters. The van der Waals surface area contributed by atoms with E-state index in [1.807, 2.05) is 12.1 Å². The quantitative estimate of drug-likeness (QED) is 0.912. The Kier molecular flexibility index (Phi) is 3.09. The third kappa shape index (κ3) is 2.11. The lowest BCUT2D eigenvalue weighted by Gasteiger charge is -2.52. The van der Waals surface area contributed by atoms with Crippen LogP contribution >= 0.6 is 0 Å². The Bertz CT molecular complexity index is 794. The Morgan fingerprint density at radius 2 is 1.67 bits per heavy atom. The first-order valence-electron chi connectivity index (χ1n) is 8.92. The van der Waals surface area contributed by atoms with Gasteiger partial charge in [0.05, 0.1) is 11.6 Å². The van der Waals surface area contributed by atoms with E-state index in [2.05, 4.69) is 33.4 Å². The molecule has 0 spiro atoms. The van der Waals surface area contributed by atoms with E-state index in [1.54, 1.807) is 11.9 Å². The zero-order valence-corrected chi connectivity index (χ0v) is 13.6. The molecule has 2 aromatic rings. The summed E-state index contributed by atoms with van der Waals surface area (Å²) in [6.45, 7) is 0. The first-order chi connectivity index (χ1) is 11.8. The highest BCUT2D eigenvalue weighted by atomic mass is 15.2. The van der Waals surface area contributed by atoms with Crippen molar-refractivity contribution in [2.45, 2.75) is 32.1 Å². The SMILES string of the molecule is N#Cc1ccc(C(=C2C3CC4CC(C3)CC2C4)c2ncn[nH]2)cc1. The van der Waals surface area contributed by atoms with E-state index in [0.717, 1.165) is 23.2 Å². The number of hydrogen-bond acceptors (Lipinski definition) is 3. The minimum atomic E-state index is 0.700. The van der Waals surface area contributed by atoms with Crippen LogP contribution in [0.2, 0.25) is 0 Å². The van der Waals surface area contributed by atoms with Crippen LogP contribution < -0.4 is 0 Å². The predicted molar refractivity (Wildman–Crippen MR) is 90.6 cm³/mol. The van der Waals surface area contributed by atoms with Gasteiger partial charge in [-0.25, -0.2) is 4.98 Å². The van der Waals surface area contributed by atoms with Gasteiger partial charge in [0.25, 0.3) is 0 Å². The summed E-state index contributed by atoms with van der Waals surface area (Å²) in [5.74, 6) is 4.16. The molecule has 4 fully saturated rings. The van der Waals surface area contributed by atoms with Crippen molar-refractivity contribution in [3.05, 3.63) is 53.1 Å². The topological polar surface area (TPSA) is 65.4 Å². The summed E-state index contributed by atoms with van der Waals surface area (Å²) in [6.07, 6.45) is 8.42. The minimum Gasteiger partial charge on any atom is -0.259 e. The monoisotopic (exact) mass is 316 g/mol. The third-order valence-corrected chi connectivity index (χ3v) is 6.26. The van der Waals surface area contributed by atoms with Crippen molar-refractivity contribution in [1.29, 1.82) is 5.26 Å². The van der Waals surface area contributed by atoms with E-state index < -0.39 is 0 Å². The highest BCUT2D eigenvalue weighted by Gasteiger charge is 2.46. The molecule has 4 aliphatic carbocycles. The molecule has 0 saturated heterocycles. The largest absolute Gasteiger partial charge is 0.259 e. The number of hydrogen-bond donors (Lipinski definition) is 1. The molecule has 4 nitrogen and oxygen atoms in total. The van der Waals surface area contributed by atoms with Crippen molar-refractivity contribution in [3.63, 3.8) is 0 Å². The van der Waals surface area contributed by atoms with Gasteiger partial charge in [0.15, 0.2) is 5.82 Å². The first-order valence-corrected chi connectivity index (χ1v) is 8.92. The molecule has 4 heteroatoms. The molecule has 4 bridgehead atoms. The lowest BCUT2D eigenvalue weighted by atomic mass is 9.53. The second kappa shape index (κ2) is 5.31. The summed E-state index contributed by atoms with van der Waals surface area (Å²) in [5, 5.41) is 16.3. The van der Waals surface area contributed by atoms with Gasteiger partial charge in [0.2, 0.25) is 0 Å². The van der Waals surface area contributed by atoms with E-state index in [4.69, 9.17) is 5.26 Å². The molecule has 120 valence electrons. The highest BCUT2D eigenvalue weighted by molar-refractivity contribution is 5.80. The maximum Gasteiger partial charge on any atom is 0.156 e. The number of nitrogens with one attached hydrogen (secondary N) is 1. The van der Waals surface area contributed by atoms with Gasteiger partial charge in [-0.2, -0.15) is 10.4 Å². The Hall–Kier alpha value is -2.41. The van der Waals surface area contributed by atoms with Crippen molar-refractivity contribution in [2.75, 3.05) is 0 Å². The molecule has 24 heavy (non-hydrogen) atoms. The number of aromatic nitrogens is 3. The minimum absolute atomic E-state index is 0.700. The zero-order valence-electron chi connectivity index (χ0n) is 13.6. The molecule has 1 aromatic heterocycles. The van der Waals surface area contributed by atoms with Crippen molar-refractivity contribution in [2.24, 2.45) is 23.7 Å². The fraction of sp³-hybridized carbons (Fsp3) is 0.450. The van der Waals surface area contributed by atoms with Crippen LogP contribution in [0.5, 0.6) is 0 Å². The molecule has 1 aromatic carbocycles. The van der Waals surface area contributed by atoms with Gasteiger partial charge in [-0.15, -0.1) is 0 Å². The van der Waals surface area contributed by atoms with E-state index >= 15 is 0 Å². The molecule has 6 rings (SSSR count). The number of rotatable bonds is 2. The second-order valence-corrected chi connectivity index (χ2v) is 7.66. The average molecular weight is 316 g/mol. The van der Waals surface area contributed by atoms with Crippen molar-refractivity contribution in [3.8, 4) is 6.07 Å². The van der Waals surface area contributed by atoms with Crippen LogP contribution in [0.25, 0.3) is 5.57 Å². The van der Waals surface area contributed by atoms with E-state index in [-0.39, 0.29) is 0 Å². The summed E-state index contributed by atoms with van der Waals surface area (Å²) in [6, 6.07) is 10.1. The lowest BCUT2D eigenvalue weighted by molar-refractivity contribution is 0.0705. The van der Waals surface area contributed by atoms with Crippen LogP contribution in [-0.2, 0) is 0 Å². The van der Waals surface area contributed by atoms with Crippen LogP contribution in [0.15, 0.2) is 36.2 Å². The van der Waals surface area contributed by atoms with Crippen LogP contribution in [-0.4, -0.2) is 15.2 Å². The maximum atomic E-state index is 9.07. The Labute approximate surface area is 141 Å². The van der Waals surface area contributed by atoms with E-state index in [1.165, 1.54) is 37.7 Å². The molecular weight excluding hydrogens is 296 g/mol. The lowest BCUT2D eigenvalue weighted by Crippen LogP contribution is -2.40. The number of allylic oxidation sites excluding steroid dienone is 1. The third-order valence-electron chi connectivity index (χ3n) is 6.26. The Morgan fingerprint density at radius 3 is 2.21 bits per heavy atom. The first kappa shape index (κ1) is 14.0. The molecule has 0 unspecified atom stereocenters. The van der Waals surface area contributed by atoms with Crippen LogP contribution in [0.1, 0.15) is 49.1 Å². The second-order valence-electron chi connectivity index (χ2n) is 7.66. The van der Waals surface area contributed by atoms with Crippen molar-refractivity contribution >= 4 is 5.57 Å². The fourth-order valence-electron chi connectivity index (χ4n) is 5.58. The summed E-state index contributed by atoms with van der Waals surface area (Å²) < 4.78 is 0. The number of aromatic amines is 1. The molecule has 1 N–H and O–H groups in total. The summed E-state index contributed by atoms with van der Waals surface area (Å²) in [7, 11) is 0. The molecule has 0 amide bonds. The molecule has 0 radical (unpaired) electrons. The number of nitrogens with zero attached hydrogens (tertiary/aromatic N) is 3. The molecular formula is C20H20N4. The molecule has 4 aliphatic rings. The van der Waals surface area contributed by atoms with Gasteiger partial charge < -0.3 is 0 Å². The van der Waals surface area contributed by atoms with Gasteiger partial charge >= 0.3 is 0 Å². The standard InChI is InChI=1S/C20H20N4/c21-10-12-1-3-15(4-2-12)19(20-22-11-23-24-20)18-16-6-13-5-14(8-16)9-17(18)7-13/h1-4,11,13-14,16-17H,5-9H2,(H,22,23,24). The van der Waals surface area contributed by atoms with Crippen molar-refractivity contribution < 1.29 is 0 Å². The normalized spacial score (nSPS) is 30.4. The van der Waals surface area contributed by atoms with Crippen LogP contribution in [0.3, 0.4) is 0 Å². The van der Waals surface area contributed by atoms with Gasteiger partial charge in [-0.1, -0.05) is 17.7 Å². The van der Waals surface area contributed by atoms with E-state index in [0.29, 0.717) is 17.4 Å². The predicted octanol–water partition coefficient (Wildman–Crippen LogP) is 3.93. The van der Waals surface area contributed by atoms with Gasteiger partial charge in [-0.3, -0.25) is 5.10 Å². The molecule has 0 aliphatic heterocycles. The highest BCUT2D eigenvalue weighted by Crippen LogP contribution is 2.58. The molecule has 4 saturated carbocycles. The molecule has 1 heterocycles. The van der Waals surface area contributed by atoms with Crippen LogP contribution in [0.4, 0.5) is 0 Å². The van der Waals surface area contributed by atoms with Gasteiger partial charge in [-0.05, 0) is 73.5 Å². The number of H-pyrrole nitrogens is 1. The number of nitriles is 1. The van der Waals surface area contributed by atoms with Gasteiger partial charge in [0, 0.05) is 5.57 Å². The maximum absolute atomic E-state index is 9.07. The Balaban J connectivity index is 1.68. The summed E-state index contributed by atoms with van der Waals surface area (Å²) in [5.41, 5.74) is 4.70. The van der Waals surface area contributed by atoms with E-state index in [9.17, 15) is 0 Å².